The van der Waals surface area contributed by atoms with Gasteiger partial charge >= 0.3 is 0 Å². The minimum absolute atomic E-state index is 0.275. The van der Waals surface area contributed by atoms with E-state index in [9.17, 15) is 14.0 Å². The Kier molecular flexibility index (Phi) is 6.54. The molecule has 4 aromatic rings. The summed E-state index contributed by atoms with van der Waals surface area (Å²) in [6.45, 7) is 0.753. The fraction of sp³-hybridized carbons (Fsp3) is 0.241. The predicted octanol–water partition coefficient (Wildman–Crippen LogP) is 5.09. The summed E-state index contributed by atoms with van der Waals surface area (Å²) < 4.78 is 36.3. The Hall–Kier alpha value is -4.93. The Bertz CT molecular complexity index is 1590. The van der Waals surface area contributed by atoms with Gasteiger partial charge < -0.3 is 29.6 Å². The number of nitrogens with one attached hydrogen (secondary N) is 2. The number of aromatic nitrogens is 2. The molecule has 1 aliphatic heterocycles. The van der Waals surface area contributed by atoms with Crippen LogP contribution < -0.4 is 29.6 Å². The van der Waals surface area contributed by atoms with Crippen LogP contribution >= 0.6 is 0 Å². The molecule has 0 bridgehead atoms. The zero-order chi connectivity index (χ0) is 27.7. The molecule has 2 amide bonds. The summed E-state index contributed by atoms with van der Waals surface area (Å²) in [6.07, 6.45) is 2.99. The van der Waals surface area contributed by atoms with Crippen molar-refractivity contribution < 1.29 is 32.9 Å². The van der Waals surface area contributed by atoms with Gasteiger partial charge in [-0.1, -0.05) is 6.42 Å². The standard InChI is InChI=1S/C29H25FN4O6/c1-37-22-15-21-23(25-24(22)38-13-14-39-25)26(32-16-31-21)40-20-9-7-19(8-10-20)34-28(36)29(11-2-12-29)27(35)33-18-5-3-17(30)4-6-18/h3-10,15-16H,2,11-14H2,1H3,(H,33,35)(H,34,36). The molecule has 0 radical (unpaired) electrons. The number of amides is 2. The zero-order valence-electron chi connectivity index (χ0n) is 21.5. The molecule has 0 saturated heterocycles. The molecule has 1 saturated carbocycles. The lowest BCUT2D eigenvalue weighted by molar-refractivity contribution is -0.142. The fourth-order valence-corrected chi connectivity index (χ4v) is 4.75. The number of hydrogen-bond acceptors (Lipinski definition) is 8. The summed E-state index contributed by atoms with van der Waals surface area (Å²) >= 11 is 0. The largest absolute Gasteiger partial charge is 0.493 e. The predicted molar refractivity (Wildman–Crippen MR) is 144 cm³/mol. The number of halogens is 1. The fourth-order valence-electron chi connectivity index (χ4n) is 4.75. The Morgan fingerprint density at radius 3 is 2.12 bits per heavy atom. The van der Waals surface area contributed by atoms with E-state index in [4.69, 9.17) is 18.9 Å². The average molecular weight is 545 g/mol. The quantitative estimate of drug-likeness (QED) is 0.309. The van der Waals surface area contributed by atoms with Gasteiger partial charge in [-0.15, -0.1) is 0 Å². The SMILES string of the molecule is COc1cc2ncnc(Oc3ccc(NC(=O)C4(C(=O)Nc5ccc(F)cc5)CCC4)cc3)c2c2c1OCCO2. The van der Waals surface area contributed by atoms with Gasteiger partial charge in [0, 0.05) is 17.4 Å². The van der Waals surface area contributed by atoms with Crippen molar-refractivity contribution in [3.8, 4) is 28.9 Å². The minimum atomic E-state index is -1.19. The van der Waals surface area contributed by atoms with Gasteiger partial charge in [0.05, 0.1) is 12.6 Å². The maximum absolute atomic E-state index is 13.2. The topological polar surface area (TPSA) is 121 Å². The van der Waals surface area contributed by atoms with Crippen molar-refractivity contribution in [1.29, 1.82) is 0 Å². The number of ether oxygens (including phenoxy) is 4. The van der Waals surface area contributed by atoms with Crippen molar-refractivity contribution in [2.75, 3.05) is 31.0 Å². The van der Waals surface area contributed by atoms with Crippen LogP contribution in [0.1, 0.15) is 19.3 Å². The van der Waals surface area contributed by atoms with E-state index in [2.05, 4.69) is 20.6 Å². The molecule has 10 nitrogen and oxygen atoms in total. The van der Waals surface area contributed by atoms with Gasteiger partial charge in [0.2, 0.25) is 23.4 Å². The molecular formula is C29H25FN4O6. The second-order valence-electron chi connectivity index (χ2n) is 9.48. The number of benzene rings is 3. The Morgan fingerprint density at radius 1 is 0.900 bits per heavy atom. The summed E-state index contributed by atoms with van der Waals surface area (Å²) in [4.78, 5) is 34.8. The lowest BCUT2D eigenvalue weighted by Gasteiger charge is -2.38. The molecule has 2 N–H and O–H groups in total. The summed E-state index contributed by atoms with van der Waals surface area (Å²) in [5.74, 6) is 0.941. The van der Waals surface area contributed by atoms with Gasteiger partial charge in [-0.3, -0.25) is 9.59 Å². The van der Waals surface area contributed by atoms with Gasteiger partial charge in [0.25, 0.3) is 0 Å². The molecule has 6 rings (SSSR count). The third kappa shape index (κ3) is 4.59. The number of fused-ring (bicyclic) bond motifs is 3. The van der Waals surface area contributed by atoms with Crippen LogP contribution in [-0.2, 0) is 9.59 Å². The van der Waals surface area contributed by atoms with E-state index in [1.807, 2.05) is 0 Å². The van der Waals surface area contributed by atoms with Crippen LogP contribution in [0.15, 0.2) is 60.9 Å². The molecule has 0 unspecified atom stereocenters. The van der Waals surface area contributed by atoms with Crippen LogP contribution in [0, 0.1) is 11.2 Å². The Morgan fingerprint density at radius 2 is 1.52 bits per heavy atom. The van der Waals surface area contributed by atoms with E-state index in [1.54, 1.807) is 37.4 Å². The first-order chi connectivity index (χ1) is 19.5. The van der Waals surface area contributed by atoms with E-state index >= 15 is 0 Å². The van der Waals surface area contributed by atoms with Gasteiger partial charge in [0.1, 0.15) is 41.9 Å². The average Bonchev–Trinajstić information content (AvgIpc) is 2.94. The van der Waals surface area contributed by atoms with Gasteiger partial charge in [0.15, 0.2) is 11.5 Å². The Labute approximate surface area is 228 Å². The molecule has 0 spiro atoms. The molecule has 40 heavy (non-hydrogen) atoms. The highest BCUT2D eigenvalue weighted by Gasteiger charge is 2.50. The first-order valence-corrected chi connectivity index (χ1v) is 12.7. The van der Waals surface area contributed by atoms with Crippen LogP contribution in [0.4, 0.5) is 15.8 Å². The molecule has 1 aliphatic carbocycles. The van der Waals surface area contributed by atoms with Crippen LogP contribution in [0.3, 0.4) is 0 Å². The van der Waals surface area contributed by atoms with E-state index in [0.717, 1.165) is 6.42 Å². The smallest absolute Gasteiger partial charge is 0.240 e. The van der Waals surface area contributed by atoms with Crippen molar-refractivity contribution in [2.24, 2.45) is 5.41 Å². The van der Waals surface area contributed by atoms with Crippen LogP contribution in [0.2, 0.25) is 0 Å². The van der Waals surface area contributed by atoms with Crippen molar-refractivity contribution in [1.82, 2.24) is 9.97 Å². The first kappa shape index (κ1) is 25.4. The molecule has 204 valence electrons. The number of nitrogens with zero attached hydrogens (tertiary/aromatic N) is 2. The van der Waals surface area contributed by atoms with Gasteiger partial charge in [-0.25, -0.2) is 14.4 Å². The highest BCUT2D eigenvalue weighted by molar-refractivity contribution is 6.15. The van der Waals surface area contributed by atoms with Crippen molar-refractivity contribution >= 4 is 34.1 Å². The molecule has 11 heteroatoms. The summed E-state index contributed by atoms with van der Waals surface area (Å²) in [6, 6.07) is 13.9. The Balaban J connectivity index is 1.18. The zero-order valence-corrected chi connectivity index (χ0v) is 21.5. The van der Waals surface area contributed by atoms with E-state index in [1.165, 1.54) is 30.6 Å². The number of hydrogen-bond donors (Lipinski definition) is 2. The normalized spacial score (nSPS) is 15.1. The highest BCUT2D eigenvalue weighted by atomic mass is 19.1. The third-order valence-electron chi connectivity index (χ3n) is 7.07. The number of anilines is 2. The monoisotopic (exact) mass is 544 g/mol. The van der Waals surface area contributed by atoms with E-state index in [-0.39, 0.29) is 5.88 Å². The number of carbonyl (C=O) groups is 2. The first-order valence-electron chi connectivity index (χ1n) is 12.7. The van der Waals surface area contributed by atoms with Crippen LogP contribution in [0.5, 0.6) is 28.9 Å². The molecule has 3 aromatic carbocycles. The second-order valence-corrected chi connectivity index (χ2v) is 9.48. The molecule has 2 aliphatic rings. The minimum Gasteiger partial charge on any atom is -0.493 e. The van der Waals surface area contributed by atoms with Crippen molar-refractivity contribution in [3.05, 3.63) is 66.7 Å². The molecule has 1 fully saturated rings. The third-order valence-corrected chi connectivity index (χ3v) is 7.07. The number of rotatable bonds is 7. The van der Waals surface area contributed by atoms with Crippen molar-refractivity contribution in [3.63, 3.8) is 0 Å². The lowest BCUT2D eigenvalue weighted by atomic mass is 9.67. The number of methoxy groups -OCH3 is 1. The van der Waals surface area contributed by atoms with Gasteiger partial charge in [-0.05, 0) is 61.4 Å². The second kappa shape index (κ2) is 10.3. The van der Waals surface area contributed by atoms with E-state index in [0.29, 0.717) is 71.3 Å². The maximum atomic E-state index is 13.2. The van der Waals surface area contributed by atoms with Gasteiger partial charge in [-0.2, -0.15) is 0 Å². The number of carbonyl (C=O) groups excluding carboxylic acids is 2. The molecule has 1 aromatic heterocycles. The maximum Gasteiger partial charge on any atom is 0.240 e. The highest BCUT2D eigenvalue weighted by Crippen LogP contribution is 2.48. The summed E-state index contributed by atoms with van der Waals surface area (Å²) in [7, 11) is 1.54. The molecule has 2 heterocycles. The summed E-state index contributed by atoms with van der Waals surface area (Å²) in [5.41, 5.74) is 0.316. The lowest BCUT2D eigenvalue weighted by Crippen LogP contribution is -2.50. The molecular weight excluding hydrogens is 519 g/mol. The summed E-state index contributed by atoms with van der Waals surface area (Å²) in [5, 5.41) is 6.13. The van der Waals surface area contributed by atoms with E-state index < -0.39 is 23.0 Å². The van der Waals surface area contributed by atoms with Crippen LogP contribution in [-0.4, -0.2) is 42.1 Å². The molecule has 0 atom stereocenters. The van der Waals surface area contributed by atoms with Crippen LogP contribution in [0.25, 0.3) is 10.9 Å². The van der Waals surface area contributed by atoms with Crippen molar-refractivity contribution in [2.45, 2.75) is 19.3 Å².